The Hall–Kier alpha value is -2.77. The summed E-state index contributed by atoms with van der Waals surface area (Å²) < 4.78 is 7.95. The van der Waals surface area contributed by atoms with Crippen LogP contribution < -0.4 is 10.1 Å². The zero-order valence-corrected chi connectivity index (χ0v) is 20.5. The number of aromatic nitrogens is 3. The van der Waals surface area contributed by atoms with E-state index in [4.69, 9.17) is 27.9 Å². The molecule has 9 heteroatoms. The summed E-state index contributed by atoms with van der Waals surface area (Å²) >= 11 is 12.3. The van der Waals surface area contributed by atoms with Crippen molar-refractivity contribution in [3.63, 3.8) is 0 Å². The Kier molecular flexibility index (Phi) is 6.66. The van der Waals surface area contributed by atoms with Gasteiger partial charge in [-0.25, -0.2) is 4.79 Å². The first-order valence-electron chi connectivity index (χ1n) is 11.6. The molecule has 34 heavy (non-hydrogen) atoms. The van der Waals surface area contributed by atoms with Crippen molar-refractivity contribution in [2.24, 2.45) is 0 Å². The standard InChI is InChI=1S/C25H27Cl2N5O2/c1-16-29-30-24(32(16)15-17-6-8-18(26)9-7-17)22-5-2-12-31(22)25(33)28-21-4-3-13-34-23-11-10-19(27)14-20(21)23/h6-11,14,21-22H,2-5,12-13,15H2,1H3,(H,28,33)/t21-,22-/m1/s1. The molecular formula is C25H27Cl2N5O2. The minimum absolute atomic E-state index is 0.0981. The number of urea groups is 1. The molecule has 2 aliphatic heterocycles. The van der Waals surface area contributed by atoms with Gasteiger partial charge in [0.05, 0.1) is 25.2 Å². The van der Waals surface area contributed by atoms with Crippen LogP contribution in [-0.2, 0) is 6.54 Å². The van der Waals surface area contributed by atoms with Gasteiger partial charge in [0, 0.05) is 22.2 Å². The highest BCUT2D eigenvalue weighted by molar-refractivity contribution is 6.30. The summed E-state index contributed by atoms with van der Waals surface area (Å²) in [7, 11) is 0. The maximum absolute atomic E-state index is 13.5. The predicted molar refractivity (Wildman–Crippen MR) is 131 cm³/mol. The zero-order valence-electron chi connectivity index (χ0n) is 19.0. The molecule has 0 radical (unpaired) electrons. The minimum atomic E-state index is -0.154. The second-order valence-electron chi connectivity index (χ2n) is 8.84. The van der Waals surface area contributed by atoms with Gasteiger partial charge in [0.15, 0.2) is 5.82 Å². The summed E-state index contributed by atoms with van der Waals surface area (Å²) in [6, 6.07) is 13.0. The third kappa shape index (κ3) is 4.72. The number of benzene rings is 2. The first-order chi connectivity index (χ1) is 16.5. The molecule has 0 bridgehead atoms. The van der Waals surface area contributed by atoms with E-state index in [-0.39, 0.29) is 18.1 Å². The van der Waals surface area contributed by atoms with Gasteiger partial charge in [-0.1, -0.05) is 35.3 Å². The number of hydrogen-bond donors (Lipinski definition) is 1. The number of hydrogen-bond acceptors (Lipinski definition) is 4. The fourth-order valence-corrected chi connectivity index (χ4v) is 5.13. The fraction of sp³-hybridized carbons (Fsp3) is 0.400. The molecule has 1 fully saturated rings. The Balaban J connectivity index is 1.37. The number of carbonyl (C=O) groups excluding carboxylic acids is 1. The molecule has 0 aliphatic carbocycles. The van der Waals surface area contributed by atoms with E-state index >= 15 is 0 Å². The molecule has 2 amide bonds. The third-order valence-electron chi connectivity index (χ3n) is 6.57. The van der Waals surface area contributed by atoms with E-state index in [9.17, 15) is 4.79 Å². The zero-order chi connectivity index (χ0) is 23.7. The van der Waals surface area contributed by atoms with Crippen LogP contribution in [0.25, 0.3) is 0 Å². The van der Waals surface area contributed by atoms with Gasteiger partial charge in [-0.3, -0.25) is 0 Å². The smallest absolute Gasteiger partial charge is 0.318 e. The molecule has 5 rings (SSSR count). The molecule has 3 heterocycles. The van der Waals surface area contributed by atoms with Gasteiger partial charge in [-0.2, -0.15) is 0 Å². The quantitative estimate of drug-likeness (QED) is 0.499. The van der Waals surface area contributed by atoms with Crippen molar-refractivity contribution in [3.05, 3.63) is 75.3 Å². The van der Waals surface area contributed by atoms with Crippen molar-refractivity contribution in [2.45, 2.75) is 51.2 Å². The van der Waals surface area contributed by atoms with E-state index in [0.29, 0.717) is 29.7 Å². The van der Waals surface area contributed by atoms with Gasteiger partial charge in [0.2, 0.25) is 0 Å². The number of halogens is 2. The van der Waals surface area contributed by atoms with E-state index in [1.165, 1.54) is 0 Å². The molecule has 2 aromatic carbocycles. The van der Waals surface area contributed by atoms with Crippen molar-refractivity contribution in [1.29, 1.82) is 0 Å². The summed E-state index contributed by atoms with van der Waals surface area (Å²) in [5, 5.41) is 13.4. The molecule has 1 aromatic heterocycles. The lowest BCUT2D eigenvalue weighted by molar-refractivity contribution is 0.185. The Labute approximate surface area is 209 Å². The second kappa shape index (κ2) is 9.84. The number of ether oxygens (including phenoxy) is 1. The molecule has 2 atom stereocenters. The molecule has 0 saturated carbocycles. The van der Waals surface area contributed by atoms with Crippen LogP contribution in [0.5, 0.6) is 5.75 Å². The van der Waals surface area contributed by atoms with Crippen LogP contribution in [0.3, 0.4) is 0 Å². The molecule has 1 saturated heterocycles. The average molecular weight is 500 g/mol. The van der Waals surface area contributed by atoms with Crippen molar-refractivity contribution in [2.75, 3.05) is 13.2 Å². The average Bonchev–Trinajstić information content (AvgIpc) is 3.39. The number of nitrogens with one attached hydrogen (secondary N) is 1. The maximum atomic E-state index is 13.5. The highest BCUT2D eigenvalue weighted by Crippen LogP contribution is 2.36. The highest BCUT2D eigenvalue weighted by Gasteiger charge is 2.35. The SMILES string of the molecule is Cc1nnc([C@H]2CCCN2C(=O)N[C@@H]2CCCOc3ccc(Cl)cc32)n1Cc1ccc(Cl)cc1. The third-order valence-corrected chi connectivity index (χ3v) is 7.06. The number of nitrogens with zero attached hydrogens (tertiary/aromatic N) is 4. The first kappa shape index (κ1) is 23.0. The van der Waals surface area contributed by atoms with Gasteiger partial charge in [0.25, 0.3) is 0 Å². The molecule has 178 valence electrons. The van der Waals surface area contributed by atoms with Crippen LogP contribution in [-0.4, -0.2) is 38.8 Å². The summed E-state index contributed by atoms with van der Waals surface area (Å²) in [4.78, 5) is 15.4. The van der Waals surface area contributed by atoms with Crippen molar-refractivity contribution in [3.8, 4) is 5.75 Å². The van der Waals surface area contributed by atoms with E-state index in [2.05, 4.69) is 20.1 Å². The molecule has 0 spiro atoms. The summed E-state index contributed by atoms with van der Waals surface area (Å²) in [6.07, 6.45) is 3.42. The molecule has 3 aromatic rings. The Morgan fingerprint density at radius 3 is 2.71 bits per heavy atom. The normalized spacial score (nSPS) is 19.9. The van der Waals surface area contributed by atoms with E-state index in [0.717, 1.165) is 54.2 Å². The largest absolute Gasteiger partial charge is 0.493 e. The summed E-state index contributed by atoms with van der Waals surface area (Å²) in [5.41, 5.74) is 2.03. The Bertz CT molecular complexity index is 1180. The lowest BCUT2D eigenvalue weighted by Gasteiger charge is -2.28. The maximum Gasteiger partial charge on any atom is 0.318 e. The van der Waals surface area contributed by atoms with Crippen LogP contribution >= 0.6 is 23.2 Å². The predicted octanol–water partition coefficient (Wildman–Crippen LogP) is 5.70. The molecule has 7 nitrogen and oxygen atoms in total. The van der Waals surface area contributed by atoms with Gasteiger partial charge in [-0.05, 0) is 68.5 Å². The molecule has 2 aliphatic rings. The first-order valence-corrected chi connectivity index (χ1v) is 12.4. The Morgan fingerprint density at radius 1 is 1.09 bits per heavy atom. The lowest BCUT2D eigenvalue weighted by Crippen LogP contribution is -2.41. The molecular weight excluding hydrogens is 473 g/mol. The number of rotatable bonds is 4. The molecule has 1 N–H and O–H groups in total. The van der Waals surface area contributed by atoms with E-state index < -0.39 is 0 Å². The van der Waals surface area contributed by atoms with Crippen LogP contribution in [0, 0.1) is 6.92 Å². The van der Waals surface area contributed by atoms with E-state index in [1.807, 2.05) is 54.3 Å². The number of fused-ring (bicyclic) bond motifs is 1. The lowest BCUT2D eigenvalue weighted by atomic mass is 10.0. The second-order valence-corrected chi connectivity index (χ2v) is 9.72. The van der Waals surface area contributed by atoms with E-state index in [1.54, 1.807) is 0 Å². The van der Waals surface area contributed by atoms with Crippen LogP contribution in [0.1, 0.15) is 60.5 Å². The van der Waals surface area contributed by atoms with Crippen molar-refractivity contribution < 1.29 is 9.53 Å². The highest BCUT2D eigenvalue weighted by atomic mass is 35.5. The summed E-state index contributed by atoms with van der Waals surface area (Å²) in [6.45, 7) is 3.87. The van der Waals surface area contributed by atoms with Gasteiger partial charge < -0.3 is 19.5 Å². The van der Waals surface area contributed by atoms with Gasteiger partial charge in [-0.15, -0.1) is 10.2 Å². The fourth-order valence-electron chi connectivity index (χ4n) is 4.82. The van der Waals surface area contributed by atoms with Crippen LogP contribution in [0.15, 0.2) is 42.5 Å². The van der Waals surface area contributed by atoms with Crippen LogP contribution in [0.2, 0.25) is 10.0 Å². The minimum Gasteiger partial charge on any atom is -0.493 e. The number of likely N-dealkylation sites (tertiary alicyclic amines) is 1. The number of carbonyl (C=O) groups is 1. The van der Waals surface area contributed by atoms with Gasteiger partial charge >= 0.3 is 6.03 Å². The number of amides is 2. The molecule has 0 unspecified atom stereocenters. The summed E-state index contributed by atoms with van der Waals surface area (Å²) in [5.74, 6) is 2.41. The topological polar surface area (TPSA) is 72.3 Å². The van der Waals surface area contributed by atoms with Gasteiger partial charge in [0.1, 0.15) is 11.6 Å². The Morgan fingerprint density at radius 2 is 1.88 bits per heavy atom. The van der Waals surface area contributed by atoms with Crippen LogP contribution in [0.4, 0.5) is 4.79 Å². The monoisotopic (exact) mass is 499 g/mol. The number of aryl methyl sites for hydroxylation is 1. The van der Waals surface area contributed by atoms with Crippen molar-refractivity contribution >= 4 is 29.2 Å². The van der Waals surface area contributed by atoms with Crippen molar-refractivity contribution in [1.82, 2.24) is 25.0 Å².